The van der Waals surface area contributed by atoms with Gasteiger partial charge in [-0.2, -0.15) is 0 Å². The lowest BCUT2D eigenvalue weighted by Crippen LogP contribution is -2.24. The molecule has 0 aliphatic carbocycles. The Morgan fingerprint density at radius 3 is 2.65 bits per heavy atom. The number of hydrogen-bond acceptors (Lipinski definition) is 6. The molecule has 1 heterocycles. The fraction of sp³-hybridized carbons (Fsp3) is 0.481. The van der Waals surface area contributed by atoms with Crippen LogP contribution in [0.25, 0.3) is 11.0 Å². The largest absolute Gasteiger partial charge is 0.493 e. The molecule has 0 saturated carbocycles. The number of hydrogen-bond donors (Lipinski definition) is 0. The Morgan fingerprint density at radius 1 is 1.18 bits per heavy atom. The summed E-state index contributed by atoms with van der Waals surface area (Å²) in [7, 11) is 0. The van der Waals surface area contributed by atoms with Gasteiger partial charge in [-0.05, 0) is 69.9 Å². The monoisotopic (exact) mass is 503 g/mol. The first-order valence-electron chi connectivity index (χ1n) is 11.9. The molecular weight excluding hydrogens is 470 g/mol. The molecule has 1 aromatic heterocycles. The van der Waals surface area contributed by atoms with Crippen molar-refractivity contribution >= 4 is 40.3 Å². The summed E-state index contributed by atoms with van der Waals surface area (Å²) in [6, 6.07) is 9.83. The average Bonchev–Trinajstić information content (AvgIpc) is 3.18. The van der Waals surface area contributed by atoms with Crippen molar-refractivity contribution in [2.24, 2.45) is 0 Å². The highest BCUT2D eigenvalue weighted by molar-refractivity contribution is 7.99. The Hall–Kier alpha value is -2.18. The van der Waals surface area contributed by atoms with Gasteiger partial charge >= 0.3 is 5.97 Å². The van der Waals surface area contributed by atoms with E-state index in [1.165, 1.54) is 0 Å². The van der Waals surface area contributed by atoms with Gasteiger partial charge in [-0.1, -0.05) is 43.1 Å². The molecule has 0 radical (unpaired) electrons. The van der Waals surface area contributed by atoms with Crippen LogP contribution in [-0.2, 0) is 28.8 Å². The minimum absolute atomic E-state index is 0.213. The molecule has 0 aliphatic rings. The Bertz CT molecular complexity index is 1120. The van der Waals surface area contributed by atoms with Gasteiger partial charge in [0.1, 0.15) is 11.4 Å². The van der Waals surface area contributed by atoms with Gasteiger partial charge in [0.2, 0.25) is 0 Å². The van der Waals surface area contributed by atoms with Gasteiger partial charge in [0.25, 0.3) is 0 Å². The van der Waals surface area contributed by atoms with Crippen LogP contribution in [0.5, 0.6) is 5.75 Å². The van der Waals surface area contributed by atoms with E-state index < -0.39 is 5.60 Å². The summed E-state index contributed by atoms with van der Waals surface area (Å²) in [5, 5.41) is 5.95. The minimum Gasteiger partial charge on any atom is -0.493 e. The van der Waals surface area contributed by atoms with E-state index in [1.807, 2.05) is 51.1 Å². The van der Waals surface area contributed by atoms with Gasteiger partial charge in [0, 0.05) is 21.6 Å². The van der Waals surface area contributed by atoms with E-state index in [9.17, 15) is 4.79 Å². The van der Waals surface area contributed by atoms with Crippen molar-refractivity contribution in [3.05, 3.63) is 52.2 Å². The molecule has 2 aromatic carbocycles. The maximum absolute atomic E-state index is 12.0. The molecule has 3 rings (SSSR count). The van der Waals surface area contributed by atoms with Crippen molar-refractivity contribution in [1.29, 1.82) is 0 Å². The van der Waals surface area contributed by atoms with E-state index in [-0.39, 0.29) is 12.4 Å². The van der Waals surface area contributed by atoms with Crippen LogP contribution < -0.4 is 4.74 Å². The van der Waals surface area contributed by atoms with Crippen LogP contribution in [0.2, 0.25) is 5.02 Å². The van der Waals surface area contributed by atoms with Crippen molar-refractivity contribution in [1.82, 2.24) is 5.16 Å². The van der Waals surface area contributed by atoms with Gasteiger partial charge in [-0.15, -0.1) is 11.8 Å². The van der Waals surface area contributed by atoms with Crippen LogP contribution in [0.4, 0.5) is 0 Å². The van der Waals surface area contributed by atoms with Gasteiger partial charge in [-0.25, -0.2) is 0 Å². The van der Waals surface area contributed by atoms with Gasteiger partial charge in [0.05, 0.1) is 23.7 Å². The zero-order valence-electron chi connectivity index (χ0n) is 20.7. The van der Waals surface area contributed by atoms with E-state index in [0.29, 0.717) is 11.6 Å². The highest BCUT2D eigenvalue weighted by Crippen LogP contribution is 2.32. The second-order valence-electron chi connectivity index (χ2n) is 9.23. The van der Waals surface area contributed by atoms with Gasteiger partial charge < -0.3 is 14.0 Å². The number of nitrogens with zero attached hydrogens (tertiary/aromatic N) is 1. The number of esters is 1. The van der Waals surface area contributed by atoms with Crippen LogP contribution in [0.1, 0.15) is 64.3 Å². The van der Waals surface area contributed by atoms with Crippen LogP contribution in [0, 0.1) is 0 Å². The summed E-state index contributed by atoms with van der Waals surface area (Å²) in [4.78, 5) is 13.0. The van der Waals surface area contributed by atoms with Crippen molar-refractivity contribution in [3.8, 4) is 5.75 Å². The zero-order chi connectivity index (χ0) is 24.7. The SMILES string of the molecule is CCCc1c(OCCCSc2ccc(CC(=O)OC(C)(C)C)cc2Cl)ccc2c(CC)noc12. The second-order valence-corrected chi connectivity index (χ2v) is 10.8. The summed E-state index contributed by atoms with van der Waals surface area (Å²) in [6.07, 6.45) is 3.84. The highest BCUT2D eigenvalue weighted by Gasteiger charge is 2.17. The number of rotatable bonds is 11. The molecule has 0 bridgehead atoms. The number of benzene rings is 2. The number of thioether (sulfide) groups is 1. The third kappa shape index (κ3) is 7.16. The molecule has 0 N–H and O–H groups in total. The molecule has 3 aromatic rings. The summed E-state index contributed by atoms with van der Waals surface area (Å²) in [5.74, 6) is 1.50. The Kier molecular flexibility index (Phi) is 9.31. The van der Waals surface area contributed by atoms with E-state index in [0.717, 1.165) is 69.9 Å². The molecular formula is C27H34ClNO4S. The Morgan fingerprint density at radius 2 is 1.97 bits per heavy atom. The van der Waals surface area contributed by atoms with Crippen LogP contribution in [0.3, 0.4) is 0 Å². The van der Waals surface area contributed by atoms with Crippen molar-refractivity contribution < 1.29 is 18.8 Å². The highest BCUT2D eigenvalue weighted by atomic mass is 35.5. The molecule has 0 aliphatic heterocycles. The van der Waals surface area contributed by atoms with Crippen LogP contribution in [0.15, 0.2) is 39.8 Å². The summed E-state index contributed by atoms with van der Waals surface area (Å²) in [6.45, 7) is 10.4. The van der Waals surface area contributed by atoms with E-state index >= 15 is 0 Å². The standard InChI is InChI=1S/C27H34ClNO4S/c1-6-9-20-23(12-11-19-22(7-2)29-33-26(19)20)31-14-8-15-34-24-13-10-18(16-21(24)28)17-25(30)32-27(3,4)5/h10-13,16H,6-9,14-15,17H2,1-5H3. The minimum atomic E-state index is -0.491. The van der Waals surface area contributed by atoms with E-state index in [4.69, 9.17) is 25.6 Å². The molecule has 0 fully saturated rings. The average molecular weight is 504 g/mol. The Balaban J connectivity index is 1.51. The lowest BCUT2D eigenvalue weighted by Gasteiger charge is -2.19. The van der Waals surface area contributed by atoms with E-state index in [2.05, 4.69) is 19.0 Å². The maximum atomic E-state index is 12.0. The van der Waals surface area contributed by atoms with Crippen molar-refractivity contribution in [2.75, 3.05) is 12.4 Å². The fourth-order valence-corrected chi connectivity index (χ4v) is 4.92. The number of fused-ring (bicyclic) bond motifs is 1. The number of aromatic nitrogens is 1. The van der Waals surface area contributed by atoms with E-state index in [1.54, 1.807) is 11.8 Å². The smallest absolute Gasteiger partial charge is 0.310 e. The molecule has 184 valence electrons. The number of carbonyl (C=O) groups is 1. The first-order chi connectivity index (χ1) is 16.2. The summed E-state index contributed by atoms with van der Waals surface area (Å²) >= 11 is 8.15. The van der Waals surface area contributed by atoms with Crippen molar-refractivity contribution in [2.45, 2.75) is 77.2 Å². The van der Waals surface area contributed by atoms with Crippen LogP contribution in [-0.4, -0.2) is 29.1 Å². The third-order valence-electron chi connectivity index (χ3n) is 5.18. The molecule has 0 amide bonds. The van der Waals surface area contributed by atoms with Gasteiger partial charge in [0.15, 0.2) is 5.58 Å². The first kappa shape index (κ1) is 26.4. The first-order valence-corrected chi connectivity index (χ1v) is 13.2. The lowest BCUT2D eigenvalue weighted by atomic mass is 10.0. The molecule has 0 saturated heterocycles. The molecule has 0 spiro atoms. The zero-order valence-corrected chi connectivity index (χ0v) is 22.3. The normalized spacial score (nSPS) is 11.7. The molecule has 0 atom stereocenters. The summed E-state index contributed by atoms with van der Waals surface area (Å²) in [5.41, 5.74) is 3.30. The number of aryl methyl sites for hydroxylation is 2. The number of carbonyl (C=O) groups excluding carboxylic acids is 1. The quantitative estimate of drug-likeness (QED) is 0.154. The Labute approximate surface area is 211 Å². The third-order valence-corrected chi connectivity index (χ3v) is 6.76. The topological polar surface area (TPSA) is 61.6 Å². The van der Waals surface area contributed by atoms with Gasteiger partial charge in [-0.3, -0.25) is 4.79 Å². The molecule has 0 unspecified atom stereocenters. The molecule has 34 heavy (non-hydrogen) atoms. The predicted molar refractivity (Wildman–Crippen MR) is 139 cm³/mol. The second kappa shape index (κ2) is 12.0. The predicted octanol–water partition coefficient (Wildman–Crippen LogP) is 7.44. The maximum Gasteiger partial charge on any atom is 0.310 e. The summed E-state index contributed by atoms with van der Waals surface area (Å²) < 4.78 is 17.2. The number of halogens is 1. The van der Waals surface area contributed by atoms with Crippen molar-refractivity contribution in [3.63, 3.8) is 0 Å². The fourth-order valence-electron chi connectivity index (χ4n) is 3.71. The molecule has 7 heteroatoms. The molecule has 5 nitrogen and oxygen atoms in total. The van der Waals surface area contributed by atoms with Crippen LogP contribution >= 0.6 is 23.4 Å². The number of ether oxygens (including phenoxy) is 2. The lowest BCUT2D eigenvalue weighted by molar-refractivity contribution is -0.153.